The van der Waals surface area contributed by atoms with Gasteiger partial charge in [-0.05, 0) is 26.7 Å². The summed E-state index contributed by atoms with van der Waals surface area (Å²) in [6.07, 6.45) is 0.535. The molecule has 0 aromatic rings. The first-order valence-electron chi connectivity index (χ1n) is 7.51. The molecule has 2 N–H and O–H groups in total. The van der Waals surface area contributed by atoms with Gasteiger partial charge in [-0.15, -0.1) is 0 Å². The van der Waals surface area contributed by atoms with Crippen LogP contribution >= 0.6 is 0 Å². The monoisotopic (exact) mass is 374 g/mol. The maximum Gasteiger partial charge on any atom is 0.511 e. The van der Waals surface area contributed by atoms with Crippen LogP contribution in [0, 0.1) is 0 Å². The predicted molar refractivity (Wildman–Crippen MR) is 85.2 cm³/mol. The standard InChI is InChI=1S/C13H25F3N4O3S/c1-12(2,23-4)9-18-11(17-3)19-10-5-7-20(8-6-10)24(21,22)13(14,15)16/h10H,5-9H2,1-4H3,(H2,17,18,19). The number of aliphatic imine (C=N–C) groups is 1. The number of ether oxygens (including phenoxy) is 1. The first-order valence-corrected chi connectivity index (χ1v) is 8.95. The van der Waals surface area contributed by atoms with Gasteiger partial charge in [-0.25, -0.2) is 8.42 Å². The number of hydrogen-bond acceptors (Lipinski definition) is 4. The molecule has 0 aromatic carbocycles. The fraction of sp³-hybridized carbons (Fsp3) is 0.923. The first kappa shape index (κ1) is 21.0. The van der Waals surface area contributed by atoms with Crippen molar-refractivity contribution in [2.45, 2.75) is 43.8 Å². The molecule has 24 heavy (non-hydrogen) atoms. The molecular weight excluding hydrogens is 349 g/mol. The third-order valence-electron chi connectivity index (χ3n) is 3.88. The van der Waals surface area contributed by atoms with Crippen molar-refractivity contribution in [3.63, 3.8) is 0 Å². The number of rotatable bonds is 5. The number of nitrogens with one attached hydrogen (secondary N) is 2. The van der Waals surface area contributed by atoms with Crippen molar-refractivity contribution in [1.29, 1.82) is 0 Å². The molecule has 1 aliphatic heterocycles. The lowest BCUT2D eigenvalue weighted by Gasteiger charge is -2.33. The minimum Gasteiger partial charge on any atom is -0.377 e. The zero-order valence-electron chi connectivity index (χ0n) is 14.3. The van der Waals surface area contributed by atoms with Crippen molar-refractivity contribution in [2.24, 2.45) is 4.99 Å². The molecule has 0 aliphatic carbocycles. The Morgan fingerprint density at radius 1 is 1.29 bits per heavy atom. The molecule has 1 heterocycles. The van der Waals surface area contributed by atoms with Gasteiger partial charge in [0.25, 0.3) is 0 Å². The van der Waals surface area contributed by atoms with Crippen molar-refractivity contribution in [1.82, 2.24) is 14.9 Å². The number of sulfonamides is 1. The molecule has 11 heteroatoms. The minimum absolute atomic E-state index is 0.151. The molecule has 1 fully saturated rings. The quantitative estimate of drug-likeness (QED) is 0.552. The number of halogens is 3. The van der Waals surface area contributed by atoms with Crippen molar-refractivity contribution in [3.8, 4) is 0 Å². The minimum atomic E-state index is -5.25. The molecule has 0 bridgehead atoms. The smallest absolute Gasteiger partial charge is 0.377 e. The van der Waals surface area contributed by atoms with E-state index in [4.69, 9.17) is 4.74 Å². The van der Waals surface area contributed by atoms with Crippen molar-refractivity contribution >= 4 is 16.0 Å². The van der Waals surface area contributed by atoms with Crippen molar-refractivity contribution in [3.05, 3.63) is 0 Å². The second kappa shape index (κ2) is 7.87. The van der Waals surface area contributed by atoms with Gasteiger partial charge in [0, 0.05) is 39.8 Å². The van der Waals surface area contributed by atoms with E-state index in [1.807, 2.05) is 13.8 Å². The summed E-state index contributed by atoms with van der Waals surface area (Å²) in [4.78, 5) is 4.05. The first-order chi connectivity index (χ1) is 10.9. The number of hydrogen-bond donors (Lipinski definition) is 2. The maximum atomic E-state index is 12.5. The molecule has 1 aliphatic rings. The van der Waals surface area contributed by atoms with Crippen LogP contribution in [0.1, 0.15) is 26.7 Å². The number of methoxy groups -OCH3 is 1. The molecule has 0 saturated carbocycles. The lowest BCUT2D eigenvalue weighted by Crippen LogP contribution is -2.53. The molecule has 7 nitrogen and oxygen atoms in total. The summed E-state index contributed by atoms with van der Waals surface area (Å²) in [6, 6.07) is -0.151. The Morgan fingerprint density at radius 2 is 1.83 bits per heavy atom. The van der Waals surface area contributed by atoms with Gasteiger partial charge in [0.2, 0.25) is 0 Å². The molecule has 0 atom stereocenters. The molecule has 0 radical (unpaired) electrons. The molecule has 0 amide bonds. The van der Waals surface area contributed by atoms with Crippen LogP contribution in [0.2, 0.25) is 0 Å². The topological polar surface area (TPSA) is 83.0 Å². The Hall–Kier alpha value is -1.07. The van der Waals surface area contributed by atoms with Gasteiger partial charge in [-0.1, -0.05) is 0 Å². The van der Waals surface area contributed by atoms with Crippen LogP contribution in [0.25, 0.3) is 0 Å². The molecule has 142 valence electrons. The summed E-state index contributed by atoms with van der Waals surface area (Å²) in [5, 5.41) is 6.17. The fourth-order valence-electron chi connectivity index (χ4n) is 2.14. The van der Waals surface area contributed by atoms with Crippen LogP contribution in [0.15, 0.2) is 4.99 Å². The summed E-state index contributed by atoms with van der Waals surface area (Å²) >= 11 is 0. The Bertz CT molecular complexity index is 541. The highest BCUT2D eigenvalue weighted by atomic mass is 32.2. The second-order valence-electron chi connectivity index (χ2n) is 6.16. The summed E-state index contributed by atoms with van der Waals surface area (Å²) < 4.78 is 66.1. The lowest BCUT2D eigenvalue weighted by atomic mass is 10.1. The highest BCUT2D eigenvalue weighted by molar-refractivity contribution is 7.90. The van der Waals surface area contributed by atoms with Gasteiger partial charge in [0.15, 0.2) is 5.96 Å². The second-order valence-corrected chi connectivity index (χ2v) is 8.09. The van der Waals surface area contributed by atoms with E-state index in [9.17, 15) is 21.6 Å². The average Bonchev–Trinajstić information content (AvgIpc) is 2.50. The number of guanidine groups is 1. The SMILES string of the molecule is CN=C(NCC(C)(C)OC)NC1CCN(S(=O)(=O)C(F)(F)F)CC1. The normalized spacial score (nSPS) is 19.4. The zero-order chi connectivity index (χ0) is 18.6. The molecular formula is C13H25F3N4O3S. The van der Waals surface area contributed by atoms with Crippen LogP contribution in [-0.4, -0.2) is 69.6 Å². The van der Waals surface area contributed by atoms with E-state index < -0.39 is 21.1 Å². The summed E-state index contributed by atoms with van der Waals surface area (Å²) in [6.45, 7) is 3.92. The Kier molecular flexibility index (Phi) is 6.88. The van der Waals surface area contributed by atoms with E-state index in [-0.39, 0.29) is 32.0 Å². The number of piperidine rings is 1. The largest absolute Gasteiger partial charge is 0.511 e. The Balaban J connectivity index is 2.54. The van der Waals surface area contributed by atoms with E-state index in [0.29, 0.717) is 16.8 Å². The van der Waals surface area contributed by atoms with E-state index in [2.05, 4.69) is 15.6 Å². The van der Waals surface area contributed by atoms with Gasteiger partial charge in [0.1, 0.15) is 0 Å². The van der Waals surface area contributed by atoms with E-state index in [1.54, 1.807) is 14.2 Å². The molecule has 0 spiro atoms. The van der Waals surface area contributed by atoms with Crippen LogP contribution in [-0.2, 0) is 14.8 Å². The molecule has 0 unspecified atom stereocenters. The maximum absolute atomic E-state index is 12.5. The molecule has 0 aromatic heterocycles. The van der Waals surface area contributed by atoms with Crippen LogP contribution in [0.3, 0.4) is 0 Å². The van der Waals surface area contributed by atoms with E-state index in [1.165, 1.54) is 0 Å². The fourth-order valence-corrected chi connectivity index (χ4v) is 3.13. The van der Waals surface area contributed by atoms with Crippen LogP contribution < -0.4 is 10.6 Å². The van der Waals surface area contributed by atoms with Gasteiger partial charge in [0.05, 0.1) is 5.60 Å². The predicted octanol–water partition coefficient (Wildman–Crippen LogP) is 0.890. The van der Waals surface area contributed by atoms with Gasteiger partial charge < -0.3 is 15.4 Å². The summed E-state index contributed by atoms with van der Waals surface area (Å²) in [5.74, 6) is 0.497. The third-order valence-corrected chi connectivity index (χ3v) is 5.51. The third kappa shape index (κ3) is 5.49. The number of nitrogens with zero attached hydrogens (tertiary/aromatic N) is 2. The Morgan fingerprint density at radius 3 is 2.25 bits per heavy atom. The van der Waals surface area contributed by atoms with Crippen molar-refractivity contribution < 1.29 is 26.3 Å². The summed E-state index contributed by atoms with van der Waals surface area (Å²) in [5.41, 5.74) is -5.65. The van der Waals surface area contributed by atoms with E-state index >= 15 is 0 Å². The van der Waals surface area contributed by atoms with Gasteiger partial charge in [-0.3, -0.25) is 4.99 Å². The molecule has 1 saturated heterocycles. The zero-order valence-corrected chi connectivity index (χ0v) is 15.1. The van der Waals surface area contributed by atoms with Gasteiger partial charge >= 0.3 is 15.5 Å². The molecule has 1 rings (SSSR count). The van der Waals surface area contributed by atoms with Crippen molar-refractivity contribution in [2.75, 3.05) is 33.8 Å². The van der Waals surface area contributed by atoms with Crippen LogP contribution in [0.5, 0.6) is 0 Å². The van der Waals surface area contributed by atoms with Gasteiger partial charge in [-0.2, -0.15) is 17.5 Å². The Labute approximate surface area is 140 Å². The average molecular weight is 374 g/mol. The lowest BCUT2D eigenvalue weighted by molar-refractivity contribution is -0.0494. The van der Waals surface area contributed by atoms with E-state index in [0.717, 1.165) is 0 Å². The summed E-state index contributed by atoms with van der Waals surface area (Å²) in [7, 11) is -2.07. The van der Waals surface area contributed by atoms with Crippen LogP contribution in [0.4, 0.5) is 13.2 Å². The number of alkyl halides is 3. The highest BCUT2D eigenvalue weighted by Crippen LogP contribution is 2.28. The highest BCUT2D eigenvalue weighted by Gasteiger charge is 2.50.